The number of hydrogen-bond donors (Lipinski definition) is 1. The van der Waals surface area contributed by atoms with E-state index in [-0.39, 0.29) is 17.7 Å². The Labute approximate surface area is 164 Å². The highest BCUT2D eigenvalue weighted by molar-refractivity contribution is 7.10. The smallest absolute Gasteiger partial charge is 0.251 e. The molecule has 1 aliphatic heterocycles. The number of amides is 2. The van der Waals surface area contributed by atoms with E-state index in [1.165, 1.54) is 10.4 Å². The molecule has 1 N–H and O–H groups in total. The standard InChI is InChI=1S/C21H26N2O3S/c1-4-26-17-7-5-15(6-8-17)20(24)22-19(14(2)3)21(25)23-11-9-18-16(13-23)10-12-27-18/h5-8,10,12,14,19H,4,9,11,13H2,1-3H3,(H,22,24)/t19-/m0/s1. The number of benzene rings is 1. The first-order chi connectivity index (χ1) is 13.0. The van der Waals surface area contributed by atoms with Crippen molar-refractivity contribution in [2.75, 3.05) is 13.2 Å². The molecule has 27 heavy (non-hydrogen) atoms. The van der Waals surface area contributed by atoms with Crippen molar-refractivity contribution in [2.45, 2.75) is 39.8 Å². The van der Waals surface area contributed by atoms with Crippen LogP contribution in [0.1, 0.15) is 41.6 Å². The zero-order valence-corrected chi connectivity index (χ0v) is 16.8. The Bertz CT molecular complexity index is 798. The van der Waals surface area contributed by atoms with Gasteiger partial charge in [0.2, 0.25) is 5.91 Å². The molecule has 2 heterocycles. The van der Waals surface area contributed by atoms with Gasteiger partial charge in [0.25, 0.3) is 5.91 Å². The van der Waals surface area contributed by atoms with Crippen LogP contribution < -0.4 is 10.1 Å². The largest absolute Gasteiger partial charge is 0.494 e. The molecule has 0 unspecified atom stereocenters. The number of nitrogens with zero attached hydrogens (tertiary/aromatic N) is 1. The summed E-state index contributed by atoms with van der Waals surface area (Å²) in [4.78, 5) is 28.9. The normalized spacial score (nSPS) is 14.6. The van der Waals surface area contributed by atoms with Crippen molar-refractivity contribution in [1.29, 1.82) is 0 Å². The van der Waals surface area contributed by atoms with E-state index in [2.05, 4.69) is 16.8 Å². The van der Waals surface area contributed by atoms with Gasteiger partial charge in [-0.15, -0.1) is 11.3 Å². The summed E-state index contributed by atoms with van der Waals surface area (Å²) in [5, 5.41) is 5.01. The minimum Gasteiger partial charge on any atom is -0.494 e. The predicted molar refractivity (Wildman–Crippen MR) is 107 cm³/mol. The van der Waals surface area contributed by atoms with E-state index in [1.54, 1.807) is 35.6 Å². The van der Waals surface area contributed by atoms with Gasteiger partial charge in [0.1, 0.15) is 11.8 Å². The van der Waals surface area contributed by atoms with Gasteiger partial charge in [-0.2, -0.15) is 0 Å². The Morgan fingerprint density at radius 2 is 1.96 bits per heavy atom. The van der Waals surface area contributed by atoms with Crippen molar-refractivity contribution in [1.82, 2.24) is 10.2 Å². The Morgan fingerprint density at radius 1 is 1.22 bits per heavy atom. The maximum absolute atomic E-state index is 13.1. The summed E-state index contributed by atoms with van der Waals surface area (Å²) in [6.07, 6.45) is 0.885. The number of ether oxygens (including phenoxy) is 1. The van der Waals surface area contributed by atoms with Crippen LogP contribution in [0.3, 0.4) is 0 Å². The van der Waals surface area contributed by atoms with E-state index in [0.717, 1.165) is 12.2 Å². The highest BCUT2D eigenvalue weighted by Gasteiger charge is 2.31. The van der Waals surface area contributed by atoms with Crippen LogP contribution in [0, 0.1) is 5.92 Å². The Kier molecular flexibility index (Phi) is 6.16. The molecule has 144 valence electrons. The highest BCUT2D eigenvalue weighted by Crippen LogP contribution is 2.25. The molecule has 0 fully saturated rings. The number of rotatable bonds is 6. The molecular formula is C21H26N2O3S. The Balaban J connectivity index is 1.68. The molecule has 1 aromatic heterocycles. The molecule has 2 amide bonds. The first-order valence-corrected chi connectivity index (χ1v) is 10.2. The van der Waals surface area contributed by atoms with E-state index >= 15 is 0 Å². The number of carbonyl (C=O) groups is 2. The molecule has 5 nitrogen and oxygen atoms in total. The summed E-state index contributed by atoms with van der Waals surface area (Å²) in [6.45, 7) is 7.74. The number of carbonyl (C=O) groups excluding carboxylic acids is 2. The summed E-state index contributed by atoms with van der Waals surface area (Å²) in [5.41, 5.74) is 1.75. The number of thiophene rings is 1. The van der Waals surface area contributed by atoms with Crippen molar-refractivity contribution in [3.8, 4) is 5.75 Å². The van der Waals surface area contributed by atoms with E-state index in [0.29, 0.717) is 25.3 Å². The molecule has 1 aromatic carbocycles. The van der Waals surface area contributed by atoms with E-state index in [1.807, 2.05) is 25.7 Å². The van der Waals surface area contributed by atoms with E-state index in [9.17, 15) is 9.59 Å². The summed E-state index contributed by atoms with van der Waals surface area (Å²) in [7, 11) is 0. The third-order valence-electron chi connectivity index (χ3n) is 4.77. The monoisotopic (exact) mass is 386 g/mol. The van der Waals surface area contributed by atoms with Gasteiger partial charge in [-0.05, 0) is 60.5 Å². The van der Waals surface area contributed by atoms with Gasteiger partial charge in [0.05, 0.1) is 6.61 Å². The molecule has 1 atom stereocenters. The summed E-state index contributed by atoms with van der Waals surface area (Å²) in [5.74, 6) is 0.484. The zero-order chi connectivity index (χ0) is 19.4. The van der Waals surface area contributed by atoms with Gasteiger partial charge in [-0.1, -0.05) is 13.8 Å². The van der Waals surface area contributed by atoms with Crippen molar-refractivity contribution in [2.24, 2.45) is 5.92 Å². The molecular weight excluding hydrogens is 360 g/mol. The first kappa shape index (κ1) is 19.4. The lowest BCUT2D eigenvalue weighted by molar-refractivity contribution is -0.135. The maximum atomic E-state index is 13.1. The maximum Gasteiger partial charge on any atom is 0.251 e. The average Bonchev–Trinajstić information content (AvgIpc) is 3.13. The lowest BCUT2D eigenvalue weighted by atomic mass is 10.00. The molecule has 2 aromatic rings. The molecule has 0 radical (unpaired) electrons. The third kappa shape index (κ3) is 4.50. The molecule has 0 aliphatic carbocycles. The van der Waals surface area contributed by atoms with Gasteiger partial charge in [0, 0.05) is 23.5 Å². The van der Waals surface area contributed by atoms with Crippen molar-refractivity contribution in [3.63, 3.8) is 0 Å². The second-order valence-corrected chi connectivity index (χ2v) is 8.03. The van der Waals surface area contributed by atoms with Gasteiger partial charge in [-0.3, -0.25) is 9.59 Å². The van der Waals surface area contributed by atoms with Gasteiger partial charge in [0.15, 0.2) is 0 Å². The van der Waals surface area contributed by atoms with Crippen LogP contribution in [0.2, 0.25) is 0 Å². The van der Waals surface area contributed by atoms with Gasteiger partial charge in [-0.25, -0.2) is 0 Å². The summed E-state index contributed by atoms with van der Waals surface area (Å²) >= 11 is 1.75. The molecule has 0 saturated heterocycles. The van der Waals surface area contributed by atoms with Crippen LogP contribution in [0.4, 0.5) is 0 Å². The molecule has 1 aliphatic rings. The van der Waals surface area contributed by atoms with Crippen molar-refractivity contribution in [3.05, 3.63) is 51.7 Å². The average molecular weight is 387 g/mol. The molecule has 3 rings (SSSR count). The number of hydrogen-bond acceptors (Lipinski definition) is 4. The summed E-state index contributed by atoms with van der Waals surface area (Å²) in [6, 6.07) is 8.54. The fourth-order valence-corrected chi connectivity index (χ4v) is 4.13. The SMILES string of the molecule is CCOc1ccc(C(=O)N[C@H](C(=O)N2CCc3sccc3C2)C(C)C)cc1. The van der Waals surface area contributed by atoms with Crippen LogP contribution in [0.25, 0.3) is 0 Å². The lowest BCUT2D eigenvalue weighted by Crippen LogP contribution is -2.52. The van der Waals surface area contributed by atoms with Crippen molar-refractivity contribution >= 4 is 23.2 Å². The first-order valence-electron chi connectivity index (χ1n) is 9.37. The highest BCUT2D eigenvalue weighted by atomic mass is 32.1. The van der Waals surface area contributed by atoms with E-state index in [4.69, 9.17) is 4.74 Å². The van der Waals surface area contributed by atoms with Crippen LogP contribution in [-0.4, -0.2) is 35.9 Å². The minimum absolute atomic E-state index is 0.00743. The van der Waals surface area contributed by atoms with Gasteiger partial charge >= 0.3 is 0 Å². The Morgan fingerprint density at radius 3 is 2.63 bits per heavy atom. The number of nitrogens with one attached hydrogen (secondary N) is 1. The fraction of sp³-hybridized carbons (Fsp3) is 0.429. The third-order valence-corrected chi connectivity index (χ3v) is 5.79. The lowest BCUT2D eigenvalue weighted by Gasteiger charge is -2.32. The molecule has 0 saturated carbocycles. The molecule has 0 spiro atoms. The van der Waals surface area contributed by atoms with Crippen molar-refractivity contribution < 1.29 is 14.3 Å². The second-order valence-electron chi connectivity index (χ2n) is 7.03. The summed E-state index contributed by atoms with van der Waals surface area (Å²) < 4.78 is 5.41. The quantitative estimate of drug-likeness (QED) is 0.827. The fourth-order valence-electron chi connectivity index (χ4n) is 3.24. The van der Waals surface area contributed by atoms with Crippen LogP contribution in [-0.2, 0) is 17.8 Å². The van der Waals surface area contributed by atoms with Crippen LogP contribution in [0.5, 0.6) is 5.75 Å². The topological polar surface area (TPSA) is 58.6 Å². The zero-order valence-electron chi connectivity index (χ0n) is 16.0. The molecule has 6 heteroatoms. The van der Waals surface area contributed by atoms with Gasteiger partial charge < -0.3 is 15.0 Å². The van der Waals surface area contributed by atoms with Crippen LogP contribution >= 0.6 is 11.3 Å². The van der Waals surface area contributed by atoms with Crippen LogP contribution in [0.15, 0.2) is 35.7 Å². The Hall–Kier alpha value is -2.34. The van der Waals surface area contributed by atoms with E-state index < -0.39 is 6.04 Å². The minimum atomic E-state index is -0.538. The predicted octanol–water partition coefficient (Wildman–Crippen LogP) is 3.49. The molecule has 0 bridgehead atoms. The second kappa shape index (κ2) is 8.57. The number of fused-ring (bicyclic) bond motifs is 1.